The van der Waals surface area contributed by atoms with Crippen LogP contribution in [0.15, 0.2) is 53.4 Å². The van der Waals surface area contributed by atoms with Crippen molar-refractivity contribution in [3.63, 3.8) is 0 Å². The Balaban J connectivity index is 0.00000261. The van der Waals surface area contributed by atoms with Gasteiger partial charge in [0.05, 0.1) is 16.3 Å². The van der Waals surface area contributed by atoms with Crippen LogP contribution < -0.4 is 11.1 Å². The number of nitrogens with zero attached hydrogens (tertiary/aromatic N) is 1. The SMILES string of the molecule is Cc1ccc(S(=O)(=O)N2CCC(C(=O)Nc3ccccc3N)CC2)cc1.Cl. The van der Waals surface area contributed by atoms with Crippen molar-refractivity contribution in [2.24, 2.45) is 5.92 Å². The Morgan fingerprint density at radius 2 is 1.67 bits per heavy atom. The highest BCUT2D eigenvalue weighted by Crippen LogP contribution is 2.26. The number of carbonyl (C=O) groups is 1. The normalized spacial score (nSPS) is 15.7. The number of benzene rings is 2. The van der Waals surface area contributed by atoms with E-state index in [0.717, 1.165) is 5.56 Å². The molecule has 0 radical (unpaired) electrons. The molecule has 2 aromatic rings. The van der Waals surface area contributed by atoms with E-state index < -0.39 is 10.0 Å². The molecule has 1 heterocycles. The molecule has 1 aliphatic rings. The molecule has 0 saturated carbocycles. The molecular weight excluding hydrogens is 386 g/mol. The minimum Gasteiger partial charge on any atom is -0.397 e. The smallest absolute Gasteiger partial charge is 0.243 e. The lowest BCUT2D eigenvalue weighted by Gasteiger charge is -2.30. The van der Waals surface area contributed by atoms with Crippen molar-refractivity contribution in [3.05, 3.63) is 54.1 Å². The van der Waals surface area contributed by atoms with Gasteiger partial charge >= 0.3 is 0 Å². The van der Waals surface area contributed by atoms with Crippen molar-refractivity contribution in [2.45, 2.75) is 24.7 Å². The van der Waals surface area contributed by atoms with E-state index in [9.17, 15) is 13.2 Å². The average molecular weight is 410 g/mol. The number of nitrogens with two attached hydrogens (primary N) is 1. The lowest BCUT2D eigenvalue weighted by Crippen LogP contribution is -2.41. The van der Waals surface area contributed by atoms with Crippen LogP contribution in [0.2, 0.25) is 0 Å². The molecule has 0 unspecified atom stereocenters. The maximum Gasteiger partial charge on any atom is 0.243 e. The average Bonchev–Trinajstić information content (AvgIpc) is 2.64. The molecule has 146 valence electrons. The highest BCUT2D eigenvalue weighted by molar-refractivity contribution is 7.89. The van der Waals surface area contributed by atoms with E-state index in [-0.39, 0.29) is 24.2 Å². The number of nitrogens with one attached hydrogen (secondary N) is 1. The van der Waals surface area contributed by atoms with E-state index in [1.165, 1.54) is 4.31 Å². The van der Waals surface area contributed by atoms with Gasteiger partial charge in [0, 0.05) is 19.0 Å². The number of rotatable bonds is 4. The zero-order chi connectivity index (χ0) is 18.7. The van der Waals surface area contributed by atoms with Crippen molar-refractivity contribution < 1.29 is 13.2 Å². The highest BCUT2D eigenvalue weighted by Gasteiger charge is 2.32. The van der Waals surface area contributed by atoms with Crippen molar-refractivity contribution in [1.29, 1.82) is 0 Å². The van der Waals surface area contributed by atoms with Gasteiger partial charge in [-0.2, -0.15) is 4.31 Å². The van der Waals surface area contributed by atoms with E-state index in [1.807, 2.05) is 13.0 Å². The third-order valence-corrected chi connectivity index (χ3v) is 6.62. The Bertz CT molecular complexity index is 893. The number of carbonyl (C=O) groups excluding carboxylic acids is 1. The minimum absolute atomic E-state index is 0. The second kappa shape index (κ2) is 8.73. The lowest BCUT2D eigenvalue weighted by molar-refractivity contribution is -0.120. The molecule has 0 spiro atoms. The molecule has 0 bridgehead atoms. The fourth-order valence-electron chi connectivity index (χ4n) is 3.06. The first-order chi connectivity index (χ1) is 12.4. The topological polar surface area (TPSA) is 92.5 Å². The number of amides is 1. The Morgan fingerprint density at radius 1 is 1.07 bits per heavy atom. The van der Waals surface area contributed by atoms with Crippen LogP contribution in [0.25, 0.3) is 0 Å². The maximum absolute atomic E-state index is 12.7. The largest absolute Gasteiger partial charge is 0.397 e. The third kappa shape index (κ3) is 4.80. The number of hydrogen-bond acceptors (Lipinski definition) is 4. The van der Waals surface area contributed by atoms with Crippen LogP contribution in [-0.4, -0.2) is 31.7 Å². The van der Waals surface area contributed by atoms with Crippen LogP contribution in [-0.2, 0) is 14.8 Å². The van der Waals surface area contributed by atoms with Gasteiger partial charge in [0.15, 0.2) is 0 Å². The number of aryl methyl sites for hydroxylation is 1. The van der Waals surface area contributed by atoms with Crippen molar-refractivity contribution in [3.8, 4) is 0 Å². The summed E-state index contributed by atoms with van der Waals surface area (Å²) >= 11 is 0. The summed E-state index contributed by atoms with van der Waals surface area (Å²) in [6.07, 6.45) is 0.979. The molecule has 8 heteroatoms. The van der Waals surface area contributed by atoms with Gasteiger partial charge < -0.3 is 11.1 Å². The van der Waals surface area contributed by atoms with E-state index in [2.05, 4.69) is 5.32 Å². The van der Waals surface area contributed by atoms with Gasteiger partial charge in [-0.15, -0.1) is 12.4 Å². The molecule has 3 rings (SSSR count). The second-order valence-electron chi connectivity index (χ2n) is 6.57. The van der Waals surface area contributed by atoms with Crippen molar-refractivity contribution >= 4 is 39.7 Å². The van der Waals surface area contributed by atoms with Gasteiger partial charge in [-0.05, 0) is 44.0 Å². The quantitative estimate of drug-likeness (QED) is 0.759. The summed E-state index contributed by atoms with van der Waals surface area (Å²) in [5.74, 6) is -0.339. The van der Waals surface area contributed by atoms with E-state index in [0.29, 0.717) is 42.2 Å². The fourth-order valence-corrected chi connectivity index (χ4v) is 4.53. The molecule has 3 N–H and O–H groups in total. The summed E-state index contributed by atoms with van der Waals surface area (Å²) < 4.78 is 26.9. The first kappa shape index (κ1) is 21.2. The number of anilines is 2. The lowest BCUT2D eigenvalue weighted by atomic mass is 9.97. The van der Waals surface area contributed by atoms with Crippen LogP contribution in [0.3, 0.4) is 0 Å². The van der Waals surface area contributed by atoms with Gasteiger partial charge in [0.25, 0.3) is 0 Å². The summed E-state index contributed by atoms with van der Waals surface area (Å²) in [5, 5.41) is 2.84. The van der Waals surface area contributed by atoms with Gasteiger partial charge in [-0.1, -0.05) is 29.8 Å². The van der Waals surface area contributed by atoms with Gasteiger partial charge in [-0.25, -0.2) is 8.42 Å². The number of nitrogen functional groups attached to an aromatic ring is 1. The summed E-state index contributed by atoms with van der Waals surface area (Å²) in [6.45, 7) is 2.58. The number of halogens is 1. The van der Waals surface area contributed by atoms with E-state index in [1.54, 1.807) is 42.5 Å². The first-order valence-electron chi connectivity index (χ1n) is 8.60. The van der Waals surface area contributed by atoms with Crippen molar-refractivity contribution in [2.75, 3.05) is 24.1 Å². The van der Waals surface area contributed by atoms with Crippen LogP contribution in [0.5, 0.6) is 0 Å². The molecule has 6 nitrogen and oxygen atoms in total. The van der Waals surface area contributed by atoms with E-state index in [4.69, 9.17) is 5.73 Å². The van der Waals surface area contributed by atoms with Crippen LogP contribution in [0, 0.1) is 12.8 Å². The van der Waals surface area contributed by atoms with Gasteiger partial charge in [0.2, 0.25) is 15.9 Å². The maximum atomic E-state index is 12.7. The number of hydrogen-bond donors (Lipinski definition) is 2. The standard InChI is InChI=1S/C19H23N3O3S.ClH/c1-14-6-8-16(9-7-14)26(24,25)22-12-10-15(11-13-22)19(23)21-18-5-3-2-4-17(18)20;/h2-9,15H,10-13,20H2,1H3,(H,21,23);1H. The first-order valence-corrected chi connectivity index (χ1v) is 10.0. The Kier molecular flexibility index (Phi) is 6.86. The Morgan fingerprint density at radius 3 is 2.26 bits per heavy atom. The van der Waals surface area contributed by atoms with Crippen LogP contribution >= 0.6 is 12.4 Å². The molecule has 0 atom stereocenters. The summed E-state index contributed by atoms with van der Waals surface area (Å²) in [4.78, 5) is 12.7. The molecule has 2 aromatic carbocycles. The Labute approximate surface area is 166 Å². The summed E-state index contributed by atoms with van der Waals surface area (Å²) in [7, 11) is -3.51. The van der Waals surface area contributed by atoms with Gasteiger partial charge in [-0.3, -0.25) is 4.79 Å². The third-order valence-electron chi connectivity index (χ3n) is 4.70. The van der Waals surface area contributed by atoms with Crippen LogP contribution in [0.4, 0.5) is 11.4 Å². The summed E-state index contributed by atoms with van der Waals surface area (Å²) in [6, 6.07) is 13.9. The molecule has 1 fully saturated rings. The van der Waals surface area contributed by atoms with Gasteiger partial charge in [0.1, 0.15) is 0 Å². The minimum atomic E-state index is -3.51. The van der Waals surface area contributed by atoms with E-state index >= 15 is 0 Å². The number of piperidine rings is 1. The zero-order valence-corrected chi connectivity index (χ0v) is 16.7. The zero-order valence-electron chi connectivity index (χ0n) is 15.1. The monoisotopic (exact) mass is 409 g/mol. The molecular formula is C19H24ClN3O3S. The predicted octanol–water partition coefficient (Wildman–Crippen LogP) is 3.04. The molecule has 0 aromatic heterocycles. The molecule has 1 amide bonds. The Hall–Kier alpha value is -2.09. The van der Waals surface area contributed by atoms with Crippen molar-refractivity contribution in [1.82, 2.24) is 4.31 Å². The molecule has 27 heavy (non-hydrogen) atoms. The molecule has 1 saturated heterocycles. The molecule has 0 aliphatic carbocycles. The number of para-hydroxylation sites is 2. The number of sulfonamides is 1. The highest BCUT2D eigenvalue weighted by atomic mass is 35.5. The summed E-state index contributed by atoms with van der Waals surface area (Å²) in [5.41, 5.74) is 7.97. The second-order valence-corrected chi connectivity index (χ2v) is 8.51. The van der Waals surface area contributed by atoms with Crippen LogP contribution in [0.1, 0.15) is 18.4 Å². The molecule has 1 aliphatic heterocycles. The fraction of sp³-hybridized carbons (Fsp3) is 0.316. The predicted molar refractivity (Wildman–Crippen MR) is 109 cm³/mol.